The predicted molar refractivity (Wildman–Crippen MR) is 55.2 cm³/mol. The average molecular weight is 254 g/mol. The highest BCUT2D eigenvalue weighted by Gasteiger charge is 2.54. The maximum absolute atomic E-state index is 12.5. The molecule has 17 heavy (non-hydrogen) atoms. The summed E-state index contributed by atoms with van der Waals surface area (Å²) in [6.45, 7) is 3.35. The van der Waals surface area contributed by atoms with Crippen molar-refractivity contribution >= 4 is 5.91 Å². The van der Waals surface area contributed by atoms with Crippen LogP contribution >= 0.6 is 0 Å². The molecule has 0 bridgehead atoms. The zero-order chi connectivity index (χ0) is 13.3. The molecule has 1 aliphatic heterocycles. The van der Waals surface area contributed by atoms with Crippen LogP contribution in [0.15, 0.2) is 0 Å². The van der Waals surface area contributed by atoms with E-state index in [9.17, 15) is 18.0 Å². The lowest BCUT2D eigenvalue weighted by molar-refractivity contribution is -0.188. The summed E-state index contributed by atoms with van der Waals surface area (Å²) in [6, 6.07) is -0.318. The van der Waals surface area contributed by atoms with E-state index in [0.29, 0.717) is 26.6 Å². The summed E-state index contributed by atoms with van der Waals surface area (Å²) in [4.78, 5) is 11.5. The third-order valence-corrected chi connectivity index (χ3v) is 3.02. The summed E-state index contributed by atoms with van der Waals surface area (Å²) < 4.78 is 42.7. The van der Waals surface area contributed by atoms with Crippen LogP contribution in [0.3, 0.4) is 0 Å². The van der Waals surface area contributed by atoms with Gasteiger partial charge in [0.1, 0.15) is 0 Å². The molecule has 0 spiro atoms. The van der Waals surface area contributed by atoms with E-state index in [0.717, 1.165) is 0 Å². The number of rotatable bonds is 2. The monoisotopic (exact) mass is 254 g/mol. The van der Waals surface area contributed by atoms with Gasteiger partial charge in [0, 0.05) is 12.6 Å². The smallest absolute Gasteiger partial charge is 0.381 e. The van der Waals surface area contributed by atoms with Crippen LogP contribution in [-0.4, -0.2) is 36.9 Å². The fraction of sp³-hybridized carbons (Fsp3) is 0.900. The molecule has 0 aromatic rings. The SMILES string of the molecule is CC1COCCC1NC(=O)C(C)(N)C(F)(F)F. The Morgan fingerprint density at radius 3 is 2.53 bits per heavy atom. The number of amides is 1. The highest BCUT2D eigenvalue weighted by atomic mass is 19.4. The molecule has 0 radical (unpaired) electrons. The molecule has 0 aliphatic carbocycles. The second kappa shape index (κ2) is 4.81. The van der Waals surface area contributed by atoms with Gasteiger partial charge in [-0.2, -0.15) is 13.2 Å². The summed E-state index contributed by atoms with van der Waals surface area (Å²) in [6.07, 6.45) is -4.26. The molecule has 4 nitrogen and oxygen atoms in total. The Morgan fingerprint density at radius 1 is 1.47 bits per heavy atom. The largest absolute Gasteiger partial charge is 0.415 e. The molecule has 3 unspecified atom stereocenters. The van der Waals surface area contributed by atoms with Gasteiger partial charge in [0.15, 0.2) is 5.54 Å². The van der Waals surface area contributed by atoms with Gasteiger partial charge in [0.05, 0.1) is 6.61 Å². The van der Waals surface area contributed by atoms with Crippen molar-refractivity contribution in [3.05, 3.63) is 0 Å². The predicted octanol–water partition coefficient (Wildman–Crippen LogP) is 0.807. The van der Waals surface area contributed by atoms with Crippen molar-refractivity contribution in [3.8, 4) is 0 Å². The van der Waals surface area contributed by atoms with Crippen LogP contribution in [0, 0.1) is 5.92 Å². The summed E-state index contributed by atoms with van der Waals surface area (Å²) in [5.74, 6) is -1.21. The fourth-order valence-electron chi connectivity index (χ4n) is 1.54. The number of carbonyl (C=O) groups is 1. The van der Waals surface area contributed by atoms with Gasteiger partial charge in [-0.15, -0.1) is 0 Å². The number of halogens is 3. The zero-order valence-electron chi connectivity index (χ0n) is 9.80. The first-order chi connectivity index (χ1) is 7.66. The van der Waals surface area contributed by atoms with Crippen LogP contribution in [0.2, 0.25) is 0 Å². The van der Waals surface area contributed by atoms with Crippen molar-refractivity contribution in [2.45, 2.75) is 38.0 Å². The van der Waals surface area contributed by atoms with Gasteiger partial charge in [-0.05, 0) is 19.3 Å². The Bertz CT molecular complexity index is 292. The molecule has 7 heteroatoms. The first kappa shape index (κ1) is 14.2. The fourth-order valence-corrected chi connectivity index (χ4v) is 1.54. The number of hydrogen-bond acceptors (Lipinski definition) is 3. The molecule has 1 saturated heterocycles. The van der Waals surface area contributed by atoms with Crippen molar-refractivity contribution in [1.82, 2.24) is 5.32 Å². The van der Waals surface area contributed by atoms with Crippen LogP contribution in [-0.2, 0) is 9.53 Å². The van der Waals surface area contributed by atoms with E-state index < -0.39 is 17.6 Å². The Balaban J connectivity index is 2.65. The summed E-state index contributed by atoms with van der Waals surface area (Å²) in [5, 5.41) is 2.35. The van der Waals surface area contributed by atoms with E-state index in [2.05, 4.69) is 5.32 Å². The lowest BCUT2D eigenvalue weighted by atomic mass is 9.95. The molecule has 3 atom stereocenters. The van der Waals surface area contributed by atoms with Crippen molar-refractivity contribution in [3.63, 3.8) is 0 Å². The Morgan fingerprint density at radius 2 is 2.06 bits per heavy atom. The summed E-state index contributed by atoms with van der Waals surface area (Å²) >= 11 is 0. The van der Waals surface area contributed by atoms with Crippen molar-refractivity contribution < 1.29 is 22.7 Å². The molecule has 0 aromatic heterocycles. The molecule has 3 N–H and O–H groups in total. The molecule has 1 heterocycles. The number of hydrogen-bond donors (Lipinski definition) is 2. The quantitative estimate of drug-likeness (QED) is 0.766. The first-order valence-electron chi connectivity index (χ1n) is 5.40. The van der Waals surface area contributed by atoms with Crippen LogP contribution in [0.25, 0.3) is 0 Å². The van der Waals surface area contributed by atoms with E-state index in [4.69, 9.17) is 10.5 Å². The van der Waals surface area contributed by atoms with E-state index in [-0.39, 0.29) is 12.0 Å². The molecule has 1 fully saturated rings. The molecular formula is C10H17F3N2O2. The van der Waals surface area contributed by atoms with Gasteiger partial charge in [-0.25, -0.2) is 0 Å². The van der Waals surface area contributed by atoms with E-state index >= 15 is 0 Å². The molecule has 1 rings (SSSR count). The summed E-state index contributed by atoms with van der Waals surface area (Å²) in [5.41, 5.74) is 2.18. The van der Waals surface area contributed by atoms with E-state index in [1.807, 2.05) is 6.92 Å². The lowest BCUT2D eigenvalue weighted by Crippen LogP contribution is -2.63. The Labute approximate surface area is 97.7 Å². The summed E-state index contributed by atoms with van der Waals surface area (Å²) in [7, 11) is 0. The van der Waals surface area contributed by atoms with Gasteiger partial charge >= 0.3 is 6.18 Å². The minimum atomic E-state index is -4.76. The van der Waals surface area contributed by atoms with Crippen molar-refractivity contribution in [2.24, 2.45) is 11.7 Å². The molecule has 100 valence electrons. The second-order valence-corrected chi connectivity index (χ2v) is 4.62. The zero-order valence-corrected chi connectivity index (χ0v) is 9.80. The lowest BCUT2D eigenvalue weighted by Gasteiger charge is -2.33. The van der Waals surface area contributed by atoms with Gasteiger partial charge in [0.25, 0.3) is 0 Å². The number of alkyl halides is 3. The highest BCUT2D eigenvalue weighted by molar-refractivity contribution is 5.86. The third-order valence-electron chi connectivity index (χ3n) is 3.02. The molecule has 0 aromatic carbocycles. The van der Waals surface area contributed by atoms with Gasteiger partial charge < -0.3 is 15.8 Å². The van der Waals surface area contributed by atoms with E-state index in [1.165, 1.54) is 0 Å². The maximum Gasteiger partial charge on any atom is 0.415 e. The van der Waals surface area contributed by atoms with Crippen LogP contribution < -0.4 is 11.1 Å². The standard InChI is InChI=1S/C10H17F3N2O2/c1-6-5-17-4-3-7(6)15-8(16)9(2,14)10(11,12)13/h6-7H,3-5,14H2,1-2H3,(H,15,16). The highest BCUT2D eigenvalue weighted by Crippen LogP contribution is 2.28. The van der Waals surface area contributed by atoms with Gasteiger partial charge in [-0.3, -0.25) is 4.79 Å². The number of nitrogens with one attached hydrogen (secondary N) is 1. The van der Waals surface area contributed by atoms with Crippen LogP contribution in [0.4, 0.5) is 13.2 Å². The Hall–Kier alpha value is -0.820. The minimum Gasteiger partial charge on any atom is -0.381 e. The molecular weight excluding hydrogens is 237 g/mol. The molecule has 0 saturated carbocycles. The minimum absolute atomic E-state index is 0.0169. The number of nitrogens with two attached hydrogens (primary N) is 1. The normalized spacial score (nSPS) is 29.5. The van der Waals surface area contributed by atoms with Crippen molar-refractivity contribution in [1.29, 1.82) is 0 Å². The first-order valence-corrected chi connectivity index (χ1v) is 5.40. The number of ether oxygens (including phenoxy) is 1. The number of carbonyl (C=O) groups excluding carboxylic acids is 1. The van der Waals surface area contributed by atoms with Crippen molar-refractivity contribution in [2.75, 3.05) is 13.2 Å². The van der Waals surface area contributed by atoms with Gasteiger partial charge in [0.2, 0.25) is 5.91 Å². The van der Waals surface area contributed by atoms with Crippen LogP contribution in [0.1, 0.15) is 20.3 Å². The Kier molecular flexibility index (Phi) is 4.03. The second-order valence-electron chi connectivity index (χ2n) is 4.62. The third kappa shape index (κ3) is 3.10. The van der Waals surface area contributed by atoms with E-state index in [1.54, 1.807) is 0 Å². The van der Waals surface area contributed by atoms with Crippen LogP contribution in [0.5, 0.6) is 0 Å². The molecule has 1 amide bonds. The van der Waals surface area contributed by atoms with Gasteiger partial charge in [-0.1, -0.05) is 6.92 Å². The topological polar surface area (TPSA) is 64.3 Å². The maximum atomic E-state index is 12.5. The average Bonchev–Trinajstić information content (AvgIpc) is 2.19. The molecule has 1 aliphatic rings.